The zero-order chi connectivity index (χ0) is 13.7. The van der Waals surface area contributed by atoms with Crippen LogP contribution in [0.3, 0.4) is 0 Å². The highest BCUT2D eigenvalue weighted by Crippen LogP contribution is 1.86. The van der Waals surface area contributed by atoms with Crippen molar-refractivity contribution in [3.05, 3.63) is 45.2 Å². The molecule has 0 aliphatic heterocycles. The van der Waals surface area contributed by atoms with Gasteiger partial charge in [0.1, 0.15) is 5.56 Å². The van der Waals surface area contributed by atoms with Crippen molar-refractivity contribution in [2.45, 2.75) is 13.5 Å². The van der Waals surface area contributed by atoms with E-state index in [-0.39, 0.29) is 11.0 Å². The molecule has 0 saturated carbocycles. The summed E-state index contributed by atoms with van der Waals surface area (Å²) in [6.45, 7) is 6.27. The smallest absolute Gasteiger partial charge is 0.254 e. The largest absolute Gasteiger partial charge is 0.365 e. The van der Waals surface area contributed by atoms with Crippen molar-refractivity contribution < 1.29 is 4.79 Å². The van der Waals surface area contributed by atoms with E-state index in [1.165, 1.54) is 12.3 Å². The highest BCUT2D eigenvalue weighted by molar-refractivity contribution is 5.92. The van der Waals surface area contributed by atoms with Crippen molar-refractivity contribution in [2.24, 2.45) is 11.5 Å². The van der Waals surface area contributed by atoms with Gasteiger partial charge in [-0.05, 0) is 13.0 Å². The van der Waals surface area contributed by atoms with Crippen molar-refractivity contribution in [1.82, 2.24) is 4.57 Å². The van der Waals surface area contributed by atoms with Gasteiger partial charge in [-0.3, -0.25) is 9.59 Å². The number of amides is 1. The molecule has 0 aromatic carbocycles. The minimum Gasteiger partial charge on any atom is -0.365 e. The summed E-state index contributed by atoms with van der Waals surface area (Å²) >= 11 is 0. The van der Waals surface area contributed by atoms with Crippen LogP contribution in [0.15, 0.2) is 23.6 Å². The lowest BCUT2D eigenvalue weighted by Gasteiger charge is -2.08. The molecule has 0 aliphatic rings. The maximum absolute atomic E-state index is 12.1. The van der Waals surface area contributed by atoms with E-state index in [0.29, 0.717) is 23.7 Å². The summed E-state index contributed by atoms with van der Waals surface area (Å²) in [4.78, 5) is 23.4. The molecule has 96 valence electrons. The number of rotatable bonds is 4. The highest BCUT2D eigenvalue weighted by atomic mass is 16.2. The number of pyridine rings is 1. The van der Waals surface area contributed by atoms with Gasteiger partial charge >= 0.3 is 0 Å². The van der Waals surface area contributed by atoms with Crippen molar-refractivity contribution in [3.63, 3.8) is 0 Å². The van der Waals surface area contributed by atoms with Crippen molar-refractivity contribution in [1.29, 1.82) is 0 Å². The third-order valence-electron chi connectivity index (χ3n) is 2.55. The molecule has 1 heterocycles. The molecule has 0 unspecified atom stereocenters. The molecule has 5 heteroatoms. The number of carbonyl (C=O) groups is 1. The van der Waals surface area contributed by atoms with E-state index in [0.717, 1.165) is 0 Å². The van der Waals surface area contributed by atoms with Gasteiger partial charge < -0.3 is 16.0 Å². The fraction of sp³-hybridized carbons (Fsp3) is 0.231. The minimum absolute atomic E-state index is 0.0397. The van der Waals surface area contributed by atoms with Crippen LogP contribution < -0.4 is 27.5 Å². The van der Waals surface area contributed by atoms with E-state index in [9.17, 15) is 9.59 Å². The van der Waals surface area contributed by atoms with E-state index in [1.54, 1.807) is 16.7 Å². The molecule has 18 heavy (non-hydrogen) atoms. The maximum Gasteiger partial charge on any atom is 0.254 e. The van der Waals surface area contributed by atoms with Crippen molar-refractivity contribution >= 4 is 18.1 Å². The summed E-state index contributed by atoms with van der Waals surface area (Å²) in [6, 6.07) is 0. The van der Waals surface area contributed by atoms with Crippen molar-refractivity contribution in [3.8, 4) is 0 Å². The van der Waals surface area contributed by atoms with Gasteiger partial charge in [-0.2, -0.15) is 0 Å². The van der Waals surface area contributed by atoms with Crippen LogP contribution in [0.4, 0.5) is 0 Å². The second kappa shape index (κ2) is 5.97. The lowest BCUT2D eigenvalue weighted by atomic mass is 10.2. The Hall–Kier alpha value is -2.14. The quantitative estimate of drug-likeness (QED) is 0.691. The molecule has 0 fully saturated rings. The summed E-state index contributed by atoms with van der Waals surface area (Å²) < 4.78 is 1.75. The monoisotopic (exact) mass is 247 g/mol. The van der Waals surface area contributed by atoms with Crippen LogP contribution >= 0.6 is 0 Å². The Morgan fingerprint density at radius 2 is 2.22 bits per heavy atom. The summed E-state index contributed by atoms with van der Waals surface area (Å²) in [5, 5.41) is 1.10. The van der Waals surface area contributed by atoms with Crippen LogP contribution in [0.2, 0.25) is 0 Å². The van der Waals surface area contributed by atoms with E-state index in [2.05, 4.69) is 6.58 Å². The number of nitrogens with two attached hydrogens (primary N) is 2. The SMILES string of the molecule is C=C/C=c1/c(=O)c(C(N)=O)cn(CCN)/c1=C/C. The maximum atomic E-state index is 12.1. The number of nitrogens with zero attached hydrogens (tertiary/aromatic N) is 1. The normalized spacial score (nSPS) is 12.8. The van der Waals surface area contributed by atoms with Gasteiger partial charge in [-0.15, -0.1) is 0 Å². The second-order valence-corrected chi connectivity index (χ2v) is 3.71. The lowest BCUT2D eigenvalue weighted by Crippen LogP contribution is -2.48. The molecule has 1 amide bonds. The fourth-order valence-electron chi connectivity index (χ4n) is 1.80. The Labute approximate surface area is 105 Å². The third kappa shape index (κ3) is 2.57. The zero-order valence-corrected chi connectivity index (χ0v) is 10.3. The number of primary amides is 1. The molecular weight excluding hydrogens is 230 g/mol. The first-order valence-electron chi connectivity index (χ1n) is 5.59. The molecule has 0 radical (unpaired) electrons. The molecule has 0 atom stereocenters. The lowest BCUT2D eigenvalue weighted by molar-refractivity contribution is 0.0998. The first kappa shape index (κ1) is 13.9. The zero-order valence-electron chi connectivity index (χ0n) is 10.3. The van der Waals surface area contributed by atoms with Gasteiger partial charge in [-0.1, -0.05) is 18.7 Å². The first-order valence-corrected chi connectivity index (χ1v) is 5.59. The molecule has 0 spiro atoms. The molecular formula is C13H17N3O2. The second-order valence-electron chi connectivity index (χ2n) is 3.71. The standard InChI is InChI=1S/C13H17N3O2/c1-3-5-9-11(4-2)16(7-6-14)8-10(12(9)17)13(15)18/h3-5,8H,1,6-7,14H2,2H3,(H2,15,18)/b9-5+,11-4+. The topological polar surface area (TPSA) is 91.1 Å². The number of hydrogen-bond donors (Lipinski definition) is 2. The Balaban J connectivity index is 3.89. The van der Waals surface area contributed by atoms with Crippen LogP contribution in [0, 0.1) is 0 Å². The van der Waals surface area contributed by atoms with E-state index < -0.39 is 5.91 Å². The molecule has 1 aromatic rings. The number of hydrogen-bond acceptors (Lipinski definition) is 3. The molecule has 5 nitrogen and oxygen atoms in total. The third-order valence-corrected chi connectivity index (χ3v) is 2.55. The van der Waals surface area contributed by atoms with Crippen LogP contribution in [0.25, 0.3) is 12.2 Å². The minimum atomic E-state index is -0.743. The average Bonchev–Trinajstić information content (AvgIpc) is 2.33. The molecule has 1 rings (SSSR count). The predicted molar refractivity (Wildman–Crippen MR) is 72.3 cm³/mol. The number of aromatic nitrogens is 1. The van der Waals surface area contributed by atoms with Gasteiger partial charge in [0.15, 0.2) is 0 Å². The Morgan fingerprint density at radius 1 is 1.56 bits per heavy atom. The number of carbonyl (C=O) groups excluding carboxylic acids is 1. The van der Waals surface area contributed by atoms with Crippen LogP contribution in [0.5, 0.6) is 0 Å². The molecule has 4 N–H and O–H groups in total. The average molecular weight is 247 g/mol. The van der Waals surface area contributed by atoms with Crippen molar-refractivity contribution in [2.75, 3.05) is 6.54 Å². The first-order chi connectivity index (χ1) is 8.56. The summed E-state index contributed by atoms with van der Waals surface area (Å²) in [5.41, 5.74) is 10.3. The van der Waals surface area contributed by atoms with E-state index in [4.69, 9.17) is 11.5 Å². The van der Waals surface area contributed by atoms with Gasteiger partial charge in [0.2, 0.25) is 5.43 Å². The van der Waals surface area contributed by atoms with Gasteiger partial charge in [0.25, 0.3) is 5.91 Å². The van der Waals surface area contributed by atoms with Crippen LogP contribution in [-0.2, 0) is 6.54 Å². The molecule has 0 bridgehead atoms. The van der Waals surface area contributed by atoms with Gasteiger partial charge in [0, 0.05) is 29.9 Å². The van der Waals surface area contributed by atoms with Gasteiger partial charge in [-0.25, -0.2) is 0 Å². The Morgan fingerprint density at radius 3 is 2.67 bits per heavy atom. The molecule has 0 aliphatic carbocycles. The van der Waals surface area contributed by atoms with Crippen LogP contribution in [0.1, 0.15) is 17.3 Å². The molecule has 0 saturated heterocycles. The van der Waals surface area contributed by atoms with E-state index >= 15 is 0 Å². The summed E-state index contributed by atoms with van der Waals surface area (Å²) in [5.74, 6) is -0.743. The summed E-state index contributed by atoms with van der Waals surface area (Å²) in [7, 11) is 0. The number of allylic oxidation sites excluding steroid dienone is 1. The fourth-order valence-corrected chi connectivity index (χ4v) is 1.80. The molecule has 1 aromatic heterocycles. The van der Waals surface area contributed by atoms with Gasteiger partial charge in [0.05, 0.1) is 0 Å². The Kier molecular flexibility index (Phi) is 4.62. The Bertz CT molecular complexity index is 641. The predicted octanol–water partition coefficient (Wildman–Crippen LogP) is -1.33. The summed E-state index contributed by atoms with van der Waals surface area (Å²) in [6.07, 6.45) is 6.31. The van der Waals surface area contributed by atoms with E-state index in [1.807, 2.05) is 6.92 Å². The van der Waals surface area contributed by atoms with Crippen LogP contribution in [-0.4, -0.2) is 17.0 Å². The highest BCUT2D eigenvalue weighted by Gasteiger charge is 2.09.